The molecule has 0 bridgehead atoms. The van der Waals surface area contributed by atoms with Gasteiger partial charge in [0, 0.05) is 19.7 Å². The standard InChI is InChI=1S/C23H25NO3S/c25-28(26,23-11-10-21-8-4-5-9-22(21)16-23)24-14-12-20(13-15-24)18-27-17-19-6-2-1-3-7-19/h1-11,16,20H,12-15,17-18H2. The third-order valence-corrected chi connectivity index (χ3v) is 7.29. The van der Waals surface area contributed by atoms with E-state index in [1.807, 2.05) is 48.5 Å². The van der Waals surface area contributed by atoms with E-state index in [0.29, 0.717) is 37.1 Å². The van der Waals surface area contributed by atoms with E-state index in [-0.39, 0.29) is 0 Å². The predicted molar refractivity (Wildman–Crippen MR) is 112 cm³/mol. The molecule has 4 rings (SSSR count). The number of hydrogen-bond acceptors (Lipinski definition) is 3. The molecule has 1 fully saturated rings. The fourth-order valence-corrected chi connectivity index (χ4v) is 5.22. The number of rotatable bonds is 6. The predicted octanol–water partition coefficient (Wildman–Crippen LogP) is 4.46. The minimum atomic E-state index is -3.45. The van der Waals surface area contributed by atoms with Crippen LogP contribution in [-0.2, 0) is 21.4 Å². The number of hydrogen-bond donors (Lipinski definition) is 0. The van der Waals surface area contributed by atoms with Gasteiger partial charge in [-0.15, -0.1) is 0 Å². The van der Waals surface area contributed by atoms with Gasteiger partial charge >= 0.3 is 0 Å². The normalized spacial score (nSPS) is 16.4. The molecule has 3 aromatic rings. The lowest BCUT2D eigenvalue weighted by Crippen LogP contribution is -2.39. The van der Waals surface area contributed by atoms with Crippen molar-refractivity contribution in [2.24, 2.45) is 5.92 Å². The second kappa shape index (κ2) is 8.43. The molecule has 0 amide bonds. The molecule has 0 unspecified atom stereocenters. The van der Waals surface area contributed by atoms with Crippen LogP contribution in [0.15, 0.2) is 77.7 Å². The third-order valence-electron chi connectivity index (χ3n) is 5.40. The second-order valence-electron chi connectivity index (χ2n) is 7.36. The van der Waals surface area contributed by atoms with Gasteiger partial charge in [-0.1, -0.05) is 60.7 Å². The van der Waals surface area contributed by atoms with Crippen molar-refractivity contribution < 1.29 is 13.2 Å². The van der Waals surface area contributed by atoms with Gasteiger partial charge in [-0.25, -0.2) is 8.42 Å². The van der Waals surface area contributed by atoms with Crippen LogP contribution in [0.1, 0.15) is 18.4 Å². The lowest BCUT2D eigenvalue weighted by Gasteiger charge is -2.31. The summed E-state index contributed by atoms with van der Waals surface area (Å²) in [5.74, 6) is 0.409. The smallest absolute Gasteiger partial charge is 0.243 e. The maximum Gasteiger partial charge on any atom is 0.243 e. The Morgan fingerprint density at radius 1 is 0.857 bits per heavy atom. The van der Waals surface area contributed by atoms with Crippen molar-refractivity contribution in [2.75, 3.05) is 19.7 Å². The van der Waals surface area contributed by atoms with E-state index in [0.717, 1.165) is 23.6 Å². The average Bonchev–Trinajstić information content (AvgIpc) is 2.74. The number of ether oxygens (including phenoxy) is 1. The number of piperidine rings is 1. The van der Waals surface area contributed by atoms with Crippen LogP contribution in [0.2, 0.25) is 0 Å². The molecular weight excluding hydrogens is 370 g/mol. The number of nitrogens with zero attached hydrogens (tertiary/aromatic N) is 1. The first-order valence-corrected chi connectivity index (χ1v) is 11.2. The minimum absolute atomic E-state index is 0.380. The highest BCUT2D eigenvalue weighted by atomic mass is 32.2. The van der Waals surface area contributed by atoms with Crippen LogP contribution in [0.4, 0.5) is 0 Å². The van der Waals surface area contributed by atoms with Crippen LogP contribution >= 0.6 is 0 Å². The van der Waals surface area contributed by atoms with Gasteiger partial charge < -0.3 is 4.74 Å². The van der Waals surface area contributed by atoms with Gasteiger partial charge in [0.15, 0.2) is 0 Å². The van der Waals surface area contributed by atoms with E-state index in [1.54, 1.807) is 16.4 Å². The molecule has 1 saturated heterocycles. The van der Waals surface area contributed by atoms with Crippen molar-refractivity contribution >= 4 is 20.8 Å². The molecule has 1 aliphatic rings. The van der Waals surface area contributed by atoms with Crippen LogP contribution in [0.25, 0.3) is 10.8 Å². The highest BCUT2D eigenvalue weighted by Crippen LogP contribution is 2.26. The highest BCUT2D eigenvalue weighted by molar-refractivity contribution is 7.89. The fourth-order valence-electron chi connectivity index (χ4n) is 3.71. The Balaban J connectivity index is 1.34. The largest absolute Gasteiger partial charge is 0.376 e. The summed E-state index contributed by atoms with van der Waals surface area (Å²) in [7, 11) is -3.45. The van der Waals surface area contributed by atoms with Crippen molar-refractivity contribution in [2.45, 2.75) is 24.3 Å². The summed E-state index contributed by atoms with van der Waals surface area (Å²) < 4.78 is 33.5. The van der Waals surface area contributed by atoms with Crippen LogP contribution in [0.3, 0.4) is 0 Å². The summed E-state index contributed by atoms with van der Waals surface area (Å²) in [6, 6.07) is 23.3. The highest BCUT2D eigenvalue weighted by Gasteiger charge is 2.29. The van der Waals surface area contributed by atoms with Gasteiger partial charge in [0.25, 0.3) is 0 Å². The van der Waals surface area contributed by atoms with E-state index >= 15 is 0 Å². The summed E-state index contributed by atoms with van der Waals surface area (Å²) in [6.45, 7) is 2.39. The Labute approximate surface area is 166 Å². The molecule has 1 heterocycles. The van der Waals surface area contributed by atoms with Crippen molar-refractivity contribution in [1.29, 1.82) is 0 Å². The Hall–Kier alpha value is -2.21. The molecule has 4 nitrogen and oxygen atoms in total. The number of sulfonamides is 1. The summed E-state index contributed by atoms with van der Waals surface area (Å²) in [5, 5.41) is 2.00. The molecule has 28 heavy (non-hydrogen) atoms. The average molecular weight is 396 g/mol. The first kappa shape index (κ1) is 19.1. The molecule has 146 valence electrons. The molecule has 1 aliphatic heterocycles. The molecule has 3 aromatic carbocycles. The monoisotopic (exact) mass is 395 g/mol. The topological polar surface area (TPSA) is 46.6 Å². The Morgan fingerprint density at radius 3 is 2.29 bits per heavy atom. The summed E-state index contributed by atoms with van der Waals surface area (Å²) in [6.07, 6.45) is 1.67. The van der Waals surface area contributed by atoms with Gasteiger partial charge in [-0.2, -0.15) is 4.31 Å². The summed E-state index contributed by atoms with van der Waals surface area (Å²) in [5.41, 5.74) is 1.17. The zero-order valence-corrected chi connectivity index (χ0v) is 16.6. The SMILES string of the molecule is O=S(=O)(c1ccc2ccccc2c1)N1CCC(COCc2ccccc2)CC1. The van der Waals surface area contributed by atoms with Gasteiger partial charge in [0.05, 0.1) is 11.5 Å². The van der Waals surface area contributed by atoms with Crippen LogP contribution in [-0.4, -0.2) is 32.4 Å². The molecule has 0 radical (unpaired) electrons. The summed E-state index contributed by atoms with van der Waals surface area (Å²) >= 11 is 0. The maximum absolute atomic E-state index is 13.0. The van der Waals surface area contributed by atoms with E-state index in [1.165, 1.54) is 5.56 Å². The van der Waals surface area contributed by atoms with Gasteiger partial charge in [-0.05, 0) is 47.2 Å². The van der Waals surface area contributed by atoms with Crippen LogP contribution in [0.5, 0.6) is 0 Å². The molecule has 0 N–H and O–H groups in total. The molecule has 5 heteroatoms. The maximum atomic E-state index is 13.0. The number of fused-ring (bicyclic) bond motifs is 1. The Morgan fingerprint density at radius 2 is 1.54 bits per heavy atom. The van der Waals surface area contributed by atoms with Crippen LogP contribution < -0.4 is 0 Å². The molecule has 0 spiro atoms. The quantitative estimate of drug-likeness (QED) is 0.619. The van der Waals surface area contributed by atoms with Crippen LogP contribution in [0, 0.1) is 5.92 Å². The zero-order valence-electron chi connectivity index (χ0n) is 15.8. The van der Waals surface area contributed by atoms with E-state index in [4.69, 9.17) is 4.74 Å². The van der Waals surface area contributed by atoms with Crippen molar-refractivity contribution in [3.05, 3.63) is 78.4 Å². The first-order valence-electron chi connectivity index (χ1n) is 9.73. The van der Waals surface area contributed by atoms with E-state index in [2.05, 4.69) is 12.1 Å². The van der Waals surface area contributed by atoms with E-state index < -0.39 is 10.0 Å². The second-order valence-corrected chi connectivity index (χ2v) is 9.30. The molecule has 0 aliphatic carbocycles. The Bertz CT molecular complexity index is 1030. The molecular formula is C23H25NO3S. The van der Waals surface area contributed by atoms with Gasteiger partial charge in [0.1, 0.15) is 0 Å². The molecule has 0 aromatic heterocycles. The number of benzene rings is 3. The molecule has 0 atom stereocenters. The van der Waals surface area contributed by atoms with Gasteiger partial charge in [0.2, 0.25) is 10.0 Å². The van der Waals surface area contributed by atoms with Gasteiger partial charge in [-0.3, -0.25) is 0 Å². The lowest BCUT2D eigenvalue weighted by atomic mass is 9.99. The first-order chi connectivity index (χ1) is 13.6. The fraction of sp³-hybridized carbons (Fsp3) is 0.304. The van der Waals surface area contributed by atoms with E-state index in [9.17, 15) is 8.42 Å². The van der Waals surface area contributed by atoms with Crippen molar-refractivity contribution in [3.63, 3.8) is 0 Å². The Kier molecular flexibility index (Phi) is 5.76. The van der Waals surface area contributed by atoms with Crippen molar-refractivity contribution in [1.82, 2.24) is 4.31 Å². The summed E-state index contributed by atoms with van der Waals surface area (Å²) in [4.78, 5) is 0.380. The minimum Gasteiger partial charge on any atom is -0.376 e. The van der Waals surface area contributed by atoms with Crippen molar-refractivity contribution in [3.8, 4) is 0 Å². The third kappa shape index (κ3) is 4.27. The molecule has 0 saturated carbocycles. The zero-order chi connectivity index (χ0) is 19.4. The lowest BCUT2D eigenvalue weighted by molar-refractivity contribution is 0.0688.